The van der Waals surface area contributed by atoms with E-state index < -0.39 is 0 Å². The minimum Gasteiger partial charge on any atom is -0.391 e. The summed E-state index contributed by atoms with van der Waals surface area (Å²) in [6, 6.07) is 8.33. The van der Waals surface area contributed by atoms with Crippen LogP contribution in [0, 0.1) is 0 Å². The molecule has 1 aromatic heterocycles. The minimum absolute atomic E-state index is 0.00570. The third kappa shape index (κ3) is 2.62. The molecule has 2 heterocycles. The van der Waals surface area contributed by atoms with Gasteiger partial charge in [-0.25, -0.2) is 4.98 Å². The molecule has 1 aliphatic rings. The Morgan fingerprint density at radius 1 is 1.29 bits per heavy atom. The standard InChI is InChI=1S/C15H19N3O2S/c1-17-7-8-18(13-6-4-3-5-12(13)17)15-16-11(10-20-2)14(9-19)21-15/h3-6,19H,7-10H2,1-2H3. The molecule has 0 atom stereocenters. The van der Waals surface area contributed by atoms with Gasteiger partial charge in [-0.05, 0) is 12.1 Å². The van der Waals surface area contributed by atoms with Crippen molar-refractivity contribution in [2.45, 2.75) is 13.2 Å². The minimum atomic E-state index is 0.00570. The number of benzene rings is 1. The fourth-order valence-electron chi connectivity index (χ4n) is 2.56. The fraction of sp³-hybridized carbons (Fsp3) is 0.400. The molecule has 1 aromatic carbocycles. The summed E-state index contributed by atoms with van der Waals surface area (Å²) in [6.45, 7) is 2.27. The van der Waals surface area contributed by atoms with Crippen molar-refractivity contribution in [1.29, 1.82) is 0 Å². The lowest BCUT2D eigenvalue weighted by molar-refractivity contribution is 0.179. The molecule has 2 aromatic rings. The lowest BCUT2D eigenvalue weighted by Gasteiger charge is -2.35. The Bertz CT molecular complexity index is 629. The van der Waals surface area contributed by atoms with E-state index in [1.54, 1.807) is 7.11 Å². The normalized spacial score (nSPS) is 14.4. The van der Waals surface area contributed by atoms with E-state index in [1.165, 1.54) is 17.0 Å². The fourth-order valence-corrected chi connectivity index (χ4v) is 3.53. The van der Waals surface area contributed by atoms with E-state index >= 15 is 0 Å². The van der Waals surface area contributed by atoms with Gasteiger partial charge in [0, 0.05) is 27.2 Å². The van der Waals surface area contributed by atoms with Crippen LogP contribution in [-0.4, -0.2) is 37.3 Å². The van der Waals surface area contributed by atoms with Gasteiger partial charge < -0.3 is 19.6 Å². The Balaban J connectivity index is 1.99. The van der Waals surface area contributed by atoms with Crippen LogP contribution >= 0.6 is 11.3 Å². The largest absolute Gasteiger partial charge is 0.391 e. The summed E-state index contributed by atoms with van der Waals surface area (Å²) in [5, 5.41) is 10.4. The van der Waals surface area contributed by atoms with Gasteiger partial charge in [0.1, 0.15) is 0 Å². The Labute approximate surface area is 128 Å². The zero-order valence-corrected chi connectivity index (χ0v) is 13.1. The van der Waals surface area contributed by atoms with Gasteiger partial charge in [0.15, 0.2) is 5.13 Å². The number of hydrogen-bond donors (Lipinski definition) is 1. The summed E-state index contributed by atoms with van der Waals surface area (Å²) in [6.07, 6.45) is 0. The number of aliphatic hydroxyl groups is 1. The van der Waals surface area contributed by atoms with Crippen LogP contribution in [0.3, 0.4) is 0 Å². The number of rotatable bonds is 4. The van der Waals surface area contributed by atoms with Crippen molar-refractivity contribution in [2.24, 2.45) is 0 Å². The number of thiazole rings is 1. The van der Waals surface area contributed by atoms with E-state index in [4.69, 9.17) is 4.74 Å². The third-order valence-corrected chi connectivity index (χ3v) is 4.77. The number of hydrogen-bond acceptors (Lipinski definition) is 6. The average Bonchev–Trinajstić information content (AvgIpc) is 2.91. The van der Waals surface area contributed by atoms with Crippen molar-refractivity contribution in [2.75, 3.05) is 37.0 Å². The summed E-state index contributed by atoms with van der Waals surface area (Å²) >= 11 is 1.54. The summed E-state index contributed by atoms with van der Waals surface area (Å²) in [4.78, 5) is 10.0. The molecule has 0 amide bonds. The number of likely N-dealkylation sites (N-methyl/N-ethyl adjacent to an activating group) is 1. The van der Waals surface area contributed by atoms with E-state index in [0.717, 1.165) is 34.5 Å². The second-order valence-corrected chi connectivity index (χ2v) is 6.08. The SMILES string of the molecule is COCc1nc(N2CCN(C)c3ccccc32)sc1CO. The Kier molecular flexibility index (Phi) is 4.10. The number of para-hydroxylation sites is 2. The van der Waals surface area contributed by atoms with Crippen LogP contribution in [0.25, 0.3) is 0 Å². The Morgan fingerprint density at radius 2 is 2.05 bits per heavy atom. The van der Waals surface area contributed by atoms with Crippen LogP contribution in [0.1, 0.15) is 10.6 Å². The predicted octanol–water partition coefficient (Wildman–Crippen LogP) is 2.37. The van der Waals surface area contributed by atoms with Crippen LogP contribution in [0.4, 0.5) is 16.5 Å². The summed E-state index contributed by atoms with van der Waals surface area (Å²) < 4.78 is 5.16. The van der Waals surface area contributed by atoms with Gasteiger partial charge in [-0.3, -0.25) is 0 Å². The van der Waals surface area contributed by atoms with E-state index in [-0.39, 0.29) is 6.61 Å². The van der Waals surface area contributed by atoms with E-state index in [2.05, 4.69) is 40.0 Å². The number of ether oxygens (including phenoxy) is 1. The molecular weight excluding hydrogens is 286 g/mol. The summed E-state index contributed by atoms with van der Waals surface area (Å²) in [7, 11) is 3.75. The second kappa shape index (κ2) is 6.01. The van der Waals surface area contributed by atoms with Crippen molar-refractivity contribution in [3.8, 4) is 0 Å². The molecule has 0 fully saturated rings. The van der Waals surface area contributed by atoms with Crippen LogP contribution in [-0.2, 0) is 18.0 Å². The second-order valence-electron chi connectivity index (χ2n) is 5.02. The highest BCUT2D eigenvalue weighted by Crippen LogP contribution is 2.39. The highest BCUT2D eigenvalue weighted by Gasteiger charge is 2.24. The van der Waals surface area contributed by atoms with Gasteiger partial charge in [0.25, 0.3) is 0 Å². The maximum Gasteiger partial charge on any atom is 0.190 e. The van der Waals surface area contributed by atoms with Crippen molar-refractivity contribution in [1.82, 2.24) is 4.98 Å². The summed E-state index contributed by atoms with van der Waals surface area (Å²) in [5.41, 5.74) is 3.20. The monoisotopic (exact) mass is 305 g/mol. The molecule has 0 radical (unpaired) electrons. The van der Waals surface area contributed by atoms with Gasteiger partial charge in [0.2, 0.25) is 0 Å². The maximum absolute atomic E-state index is 9.48. The third-order valence-electron chi connectivity index (χ3n) is 3.67. The number of nitrogens with zero attached hydrogens (tertiary/aromatic N) is 3. The molecule has 21 heavy (non-hydrogen) atoms. The molecule has 112 valence electrons. The first-order valence-corrected chi connectivity index (χ1v) is 7.72. The van der Waals surface area contributed by atoms with Crippen molar-refractivity contribution in [3.05, 3.63) is 34.8 Å². The molecule has 1 aliphatic heterocycles. The molecule has 0 spiro atoms. The van der Waals surface area contributed by atoms with Gasteiger partial charge in [-0.15, -0.1) is 0 Å². The molecule has 0 unspecified atom stereocenters. The molecule has 0 bridgehead atoms. The number of anilines is 3. The molecule has 6 heteroatoms. The van der Waals surface area contributed by atoms with Crippen LogP contribution < -0.4 is 9.80 Å². The highest BCUT2D eigenvalue weighted by molar-refractivity contribution is 7.15. The number of aliphatic hydroxyl groups excluding tert-OH is 1. The number of fused-ring (bicyclic) bond motifs is 1. The van der Waals surface area contributed by atoms with Gasteiger partial charge >= 0.3 is 0 Å². The zero-order chi connectivity index (χ0) is 14.8. The first-order valence-electron chi connectivity index (χ1n) is 6.90. The first-order chi connectivity index (χ1) is 10.2. The smallest absolute Gasteiger partial charge is 0.190 e. The topological polar surface area (TPSA) is 48.8 Å². The molecule has 5 nitrogen and oxygen atoms in total. The predicted molar refractivity (Wildman–Crippen MR) is 85.5 cm³/mol. The molecular formula is C15H19N3O2S. The van der Waals surface area contributed by atoms with Gasteiger partial charge in [0.05, 0.1) is 35.2 Å². The average molecular weight is 305 g/mol. The van der Waals surface area contributed by atoms with Gasteiger partial charge in [-0.1, -0.05) is 23.5 Å². The number of methoxy groups -OCH3 is 1. The molecule has 1 N–H and O–H groups in total. The molecule has 0 saturated heterocycles. The van der Waals surface area contributed by atoms with E-state index in [1.807, 2.05) is 6.07 Å². The maximum atomic E-state index is 9.48. The first kappa shape index (κ1) is 14.3. The zero-order valence-electron chi connectivity index (χ0n) is 12.2. The highest BCUT2D eigenvalue weighted by atomic mass is 32.1. The van der Waals surface area contributed by atoms with Crippen molar-refractivity contribution in [3.63, 3.8) is 0 Å². The summed E-state index contributed by atoms with van der Waals surface area (Å²) in [5.74, 6) is 0. The van der Waals surface area contributed by atoms with Crippen molar-refractivity contribution >= 4 is 27.8 Å². The van der Waals surface area contributed by atoms with Crippen LogP contribution in [0.15, 0.2) is 24.3 Å². The molecule has 0 saturated carbocycles. The Morgan fingerprint density at radius 3 is 2.76 bits per heavy atom. The Hall–Kier alpha value is -1.63. The van der Waals surface area contributed by atoms with Crippen LogP contribution in [0.2, 0.25) is 0 Å². The van der Waals surface area contributed by atoms with E-state index in [0.29, 0.717) is 6.61 Å². The quantitative estimate of drug-likeness (QED) is 0.940. The lowest BCUT2D eigenvalue weighted by Crippen LogP contribution is -2.36. The van der Waals surface area contributed by atoms with Crippen molar-refractivity contribution < 1.29 is 9.84 Å². The molecule has 0 aliphatic carbocycles. The van der Waals surface area contributed by atoms with E-state index in [9.17, 15) is 5.11 Å². The van der Waals surface area contributed by atoms with Gasteiger partial charge in [-0.2, -0.15) is 0 Å². The van der Waals surface area contributed by atoms with Crippen LogP contribution in [0.5, 0.6) is 0 Å². The lowest BCUT2D eigenvalue weighted by atomic mass is 10.2. The molecule has 3 rings (SSSR count). The number of aromatic nitrogens is 1.